The number of benzene rings is 3. The molecule has 0 unspecified atom stereocenters. The van der Waals surface area contributed by atoms with Crippen LogP contribution in [0.4, 0.5) is 10.1 Å². The molecule has 0 aliphatic carbocycles. The van der Waals surface area contributed by atoms with E-state index in [2.05, 4.69) is 5.32 Å². The first-order chi connectivity index (χ1) is 15.3. The molecule has 3 rings (SSSR count). The first-order valence-electron chi connectivity index (χ1n) is 10.0. The fraction of sp³-hybridized carbons (Fsp3) is 0.208. The number of sulfonamides is 1. The van der Waals surface area contributed by atoms with Crippen LogP contribution in [0.15, 0.2) is 72.8 Å². The van der Waals surface area contributed by atoms with Crippen LogP contribution in [0.25, 0.3) is 0 Å². The Hall–Kier alpha value is -3.39. The molecule has 0 saturated heterocycles. The van der Waals surface area contributed by atoms with Crippen molar-refractivity contribution in [3.8, 4) is 5.75 Å². The molecule has 0 aliphatic rings. The fourth-order valence-electron chi connectivity index (χ4n) is 3.22. The molecule has 0 spiro atoms. The van der Waals surface area contributed by atoms with Crippen molar-refractivity contribution >= 4 is 21.6 Å². The van der Waals surface area contributed by atoms with Gasteiger partial charge in [-0.05, 0) is 53.9 Å². The van der Waals surface area contributed by atoms with E-state index in [4.69, 9.17) is 4.74 Å². The zero-order chi connectivity index (χ0) is 23.1. The summed E-state index contributed by atoms with van der Waals surface area (Å²) in [5, 5.41) is 2.83. The van der Waals surface area contributed by atoms with E-state index in [0.29, 0.717) is 30.0 Å². The van der Waals surface area contributed by atoms with Gasteiger partial charge in [-0.2, -0.15) is 0 Å². The van der Waals surface area contributed by atoms with Gasteiger partial charge in [0.2, 0.25) is 10.0 Å². The maximum absolute atomic E-state index is 13.0. The van der Waals surface area contributed by atoms with Crippen LogP contribution < -0.4 is 14.4 Å². The van der Waals surface area contributed by atoms with Crippen LogP contribution in [-0.4, -0.2) is 34.2 Å². The lowest BCUT2D eigenvalue weighted by Gasteiger charge is -2.24. The Morgan fingerprint density at radius 1 is 0.969 bits per heavy atom. The lowest BCUT2D eigenvalue weighted by molar-refractivity contribution is 0.0954. The SMILES string of the molecule is COc1ccccc1N(Cc1ccc(C(=O)NCCc2ccc(F)cc2)cc1)S(C)(=O)=O. The fourth-order valence-corrected chi connectivity index (χ4v) is 4.11. The second-order valence-corrected chi connectivity index (χ2v) is 9.18. The van der Waals surface area contributed by atoms with Crippen LogP contribution in [-0.2, 0) is 23.0 Å². The number of ether oxygens (including phenoxy) is 1. The van der Waals surface area contributed by atoms with Crippen molar-refractivity contribution in [2.45, 2.75) is 13.0 Å². The third-order valence-corrected chi connectivity index (χ3v) is 6.04. The molecule has 1 N–H and O–H groups in total. The first kappa shape index (κ1) is 23.3. The summed E-state index contributed by atoms with van der Waals surface area (Å²) in [6.07, 6.45) is 1.73. The van der Waals surface area contributed by atoms with Gasteiger partial charge in [0.05, 0.1) is 25.6 Å². The third-order valence-electron chi connectivity index (χ3n) is 4.91. The van der Waals surface area contributed by atoms with E-state index in [1.807, 2.05) is 0 Å². The molecule has 0 aliphatic heterocycles. The Labute approximate surface area is 187 Å². The Morgan fingerprint density at radius 3 is 2.22 bits per heavy atom. The number of carbonyl (C=O) groups is 1. The summed E-state index contributed by atoms with van der Waals surface area (Å²) in [6, 6.07) is 19.8. The Balaban J connectivity index is 1.65. The van der Waals surface area contributed by atoms with Crippen molar-refractivity contribution in [2.75, 3.05) is 24.2 Å². The molecule has 0 radical (unpaired) electrons. The van der Waals surface area contributed by atoms with Crippen molar-refractivity contribution in [2.24, 2.45) is 0 Å². The van der Waals surface area contributed by atoms with Crippen molar-refractivity contribution in [1.82, 2.24) is 5.32 Å². The highest BCUT2D eigenvalue weighted by atomic mass is 32.2. The molecule has 0 aromatic heterocycles. The first-order valence-corrected chi connectivity index (χ1v) is 11.8. The average Bonchev–Trinajstić information content (AvgIpc) is 2.78. The number of halogens is 1. The number of amides is 1. The van der Waals surface area contributed by atoms with Crippen LogP contribution >= 0.6 is 0 Å². The molecule has 3 aromatic carbocycles. The zero-order valence-corrected chi connectivity index (χ0v) is 18.7. The highest BCUT2D eigenvalue weighted by molar-refractivity contribution is 7.92. The topological polar surface area (TPSA) is 75.7 Å². The Bertz CT molecular complexity index is 1160. The van der Waals surface area contributed by atoms with E-state index in [0.717, 1.165) is 17.4 Å². The zero-order valence-electron chi connectivity index (χ0n) is 17.9. The summed E-state index contributed by atoms with van der Waals surface area (Å²) in [5.41, 5.74) is 2.57. The molecule has 0 fully saturated rings. The monoisotopic (exact) mass is 456 g/mol. The lowest BCUT2D eigenvalue weighted by Crippen LogP contribution is -2.29. The standard InChI is InChI=1S/C24H25FN2O4S/c1-31-23-6-4-3-5-22(23)27(32(2,29)30)17-19-7-11-20(12-8-19)24(28)26-16-15-18-9-13-21(25)14-10-18/h3-14H,15-17H2,1-2H3,(H,26,28). The van der Waals surface area contributed by atoms with E-state index in [1.54, 1.807) is 60.7 Å². The average molecular weight is 457 g/mol. The van der Waals surface area contributed by atoms with Gasteiger partial charge in [-0.3, -0.25) is 9.10 Å². The van der Waals surface area contributed by atoms with Crippen LogP contribution in [0.5, 0.6) is 5.75 Å². The van der Waals surface area contributed by atoms with Gasteiger partial charge >= 0.3 is 0 Å². The normalized spacial score (nSPS) is 11.1. The Kier molecular flexibility index (Phi) is 7.48. The number of carbonyl (C=O) groups excluding carboxylic acids is 1. The molecule has 0 atom stereocenters. The van der Waals surface area contributed by atoms with Gasteiger partial charge < -0.3 is 10.1 Å². The van der Waals surface area contributed by atoms with Gasteiger partial charge in [0.1, 0.15) is 11.6 Å². The van der Waals surface area contributed by atoms with Gasteiger partial charge in [-0.15, -0.1) is 0 Å². The highest BCUT2D eigenvalue weighted by Gasteiger charge is 2.21. The van der Waals surface area contributed by atoms with Crippen LogP contribution in [0.1, 0.15) is 21.5 Å². The smallest absolute Gasteiger partial charge is 0.251 e. The van der Waals surface area contributed by atoms with Crippen LogP contribution in [0, 0.1) is 5.82 Å². The molecule has 1 amide bonds. The van der Waals surface area contributed by atoms with E-state index < -0.39 is 10.0 Å². The van der Waals surface area contributed by atoms with Crippen LogP contribution in [0.3, 0.4) is 0 Å². The van der Waals surface area contributed by atoms with Crippen molar-refractivity contribution in [1.29, 1.82) is 0 Å². The number of rotatable bonds is 9. The molecule has 0 bridgehead atoms. The lowest BCUT2D eigenvalue weighted by atomic mass is 10.1. The minimum atomic E-state index is -3.57. The van der Waals surface area contributed by atoms with Gasteiger partial charge in [0.15, 0.2) is 0 Å². The maximum Gasteiger partial charge on any atom is 0.251 e. The molecule has 168 valence electrons. The summed E-state index contributed by atoms with van der Waals surface area (Å²) >= 11 is 0. The molecule has 8 heteroatoms. The number of hydrogen-bond donors (Lipinski definition) is 1. The largest absolute Gasteiger partial charge is 0.495 e. The maximum atomic E-state index is 13.0. The van der Waals surface area contributed by atoms with E-state index in [9.17, 15) is 17.6 Å². The highest BCUT2D eigenvalue weighted by Crippen LogP contribution is 2.30. The number of para-hydroxylation sites is 2. The third kappa shape index (κ3) is 6.07. The summed E-state index contributed by atoms with van der Waals surface area (Å²) in [7, 11) is -2.08. The number of nitrogens with zero attached hydrogens (tertiary/aromatic N) is 1. The number of hydrogen-bond acceptors (Lipinski definition) is 4. The van der Waals surface area contributed by atoms with Gasteiger partial charge in [-0.25, -0.2) is 12.8 Å². The van der Waals surface area contributed by atoms with Gasteiger partial charge in [-0.1, -0.05) is 36.4 Å². The second-order valence-electron chi connectivity index (χ2n) is 7.27. The predicted molar refractivity (Wildman–Crippen MR) is 123 cm³/mol. The molecule has 0 heterocycles. The molecule has 0 saturated carbocycles. The van der Waals surface area contributed by atoms with Gasteiger partial charge in [0.25, 0.3) is 5.91 Å². The summed E-state index contributed by atoms with van der Waals surface area (Å²) in [6.45, 7) is 0.521. The molecule has 3 aromatic rings. The van der Waals surface area contributed by atoms with Crippen LogP contribution in [0.2, 0.25) is 0 Å². The van der Waals surface area contributed by atoms with Crippen molar-refractivity contribution < 1.29 is 22.3 Å². The molecule has 6 nitrogen and oxygen atoms in total. The minimum absolute atomic E-state index is 0.103. The Morgan fingerprint density at radius 2 is 1.59 bits per heavy atom. The molecular weight excluding hydrogens is 431 g/mol. The predicted octanol–water partition coefficient (Wildman–Crippen LogP) is 3.77. The quantitative estimate of drug-likeness (QED) is 0.532. The number of methoxy groups -OCH3 is 1. The van der Waals surface area contributed by atoms with Gasteiger partial charge in [0, 0.05) is 12.1 Å². The number of nitrogens with one attached hydrogen (secondary N) is 1. The summed E-state index contributed by atoms with van der Waals surface area (Å²) in [4.78, 5) is 12.4. The van der Waals surface area contributed by atoms with Crippen molar-refractivity contribution in [3.63, 3.8) is 0 Å². The minimum Gasteiger partial charge on any atom is -0.495 e. The van der Waals surface area contributed by atoms with Crippen molar-refractivity contribution in [3.05, 3.63) is 95.3 Å². The second kappa shape index (κ2) is 10.3. The van der Waals surface area contributed by atoms with E-state index in [1.165, 1.54) is 23.5 Å². The number of anilines is 1. The van der Waals surface area contributed by atoms with E-state index >= 15 is 0 Å². The summed E-state index contributed by atoms with van der Waals surface area (Å²) < 4.78 is 44.4. The summed E-state index contributed by atoms with van der Waals surface area (Å²) in [5.74, 6) is -0.0727. The van der Waals surface area contributed by atoms with E-state index in [-0.39, 0.29) is 18.3 Å². The molecular formula is C24H25FN2O4S. The molecule has 32 heavy (non-hydrogen) atoms.